The average Bonchev–Trinajstić information content (AvgIpc) is 2.63. The first kappa shape index (κ1) is 13.1. The highest BCUT2D eigenvalue weighted by Gasteiger charge is 2.20. The van der Waals surface area contributed by atoms with E-state index in [0.29, 0.717) is 0 Å². The molecule has 0 atom stereocenters. The zero-order valence-electron chi connectivity index (χ0n) is 10.4. The molecule has 0 radical (unpaired) electrons. The van der Waals surface area contributed by atoms with Crippen molar-refractivity contribution in [3.63, 3.8) is 0 Å². The highest BCUT2D eigenvalue weighted by molar-refractivity contribution is 7.92. The van der Waals surface area contributed by atoms with Gasteiger partial charge in [0, 0.05) is 32.6 Å². The molecular formula is C10H13N5O3S. The first-order valence-electron chi connectivity index (χ1n) is 5.28. The monoisotopic (exact) mass is 283 g/mol. The zero-order valence-corrected chi connectivity index (χ0v) is 11.2. The number of nitrogen functional groups attached to an aromatic ring is 1. The topological polar surface area (TPSA) is 112 Å². The van der Waals surface area contributed by atoms with Crippen LogP contribution in [-0.4, -0.2) is 22.8 Å². The Labute approximate surface area is 109 Å². The summed E-state index contributed by atoms with van der Waals surface area (Å²) in [5.74, 6) is -0.0835. The fraction of sp³-hybridized carbons (Fsp3) is 0.200. The molecular weight excluding hydrogens is 270 g/mol. The molecule has 0 saturated heterocycles. The third kappa shape index (κ3) is 2.60. The van der Waals surface area contributed by atoms with E-state index in [1.54, 1.807) is 7.05 Å². The van der Waals surface area contributed by atoms with Gasteiger partial charge < -0.3 is 10.3 Å². The van der Waals surface area contributed by atoms with Gasteiger partial charge in [0.05, 0.1) is 5.69 Å². The molecule has 0 aromatic carbocycles. The minimum absolute atomic E-state index is 0.0835. The number of sulfonamides is 1. The molecule has 19 heavy (non-hydrogen) atoms. The van der Waals surface area contributed by atoms with Crippen molar-refractivity contribution in [2.75, 3.05) is 10.5 Å². The number of nitrogens with one attached hydrogen (secondary N) is 1. The second-order valence-electron chi connectivity index (χ2n) is 4.02. The molecule has 0 aliphatic heterocycles. The van der Waals surface area contributed by atoms with Gasteiger partial charge in [-0.1, -0.05) is 0 Å². The minimum Gasteiger partial charge on any atom is -0.381 e. The molecule has 8 nitrogen and oxygen atoms in total. The van der Waals surface area contributed by atoms with Crippen LogP contribution in [0.3, 0.4) is 0 Å². The maximum atomic E-state index is 12.1. The molecule has 102 valence electrons. The van der Waals surface area contributed by atoms with Crippen LogP contribution in [-0.2, 0) is 24.1 Å². The number of pyridine rings is 1. The Hall–Kier alpha value is -2.29. The van der Waals surface area contributed by atoms with Crippen LogP contribution in [0.5, 0.6) is 0 Å². The van der Waals surface area contributed by atoms with Gasteiger partial charge in [-0.3, -0.25) is 14.2 Å². The average molecular weight is 283 g/mol. The van der Waals surface area contributed by atoms with E-state index in [1.165, 1.54) is 40.8 Å². The fourth-order valence-electron chi connectivity index (χ4n) is 1.56. The Morgan fingerprint density at radius 3 is 2.47 bits per heavy atom. The SMILES string of the molecule is Cn1cc(S(=O)(=O)Nc2ccc(=O)n(C)c2)c(N)n1. The van der Waals surface area contributed by atoms with E-state index in [1.807, 2.05) is 0 Å². The first-order valence-corrected chi connectivity index (χ1v) is 6.76. The number of hydrogen-bond donors (Lipinski definition) is 2. The summed E-state index contributed by atoms with van der Waals surface area (Å²) >= 11 is 0. The molecule has 0 amide bonds. The summed E-state index contributed by atoms with van der Waals surface area (Å²) in [4.78, 5) is 11.1. The van der Waals surface area contributed by atoms with Crippen molar-refractivity contribution in [1.29, 1.82) is 0 Å². The summed E-state index contributed by atoms with van der Waals surface area (Å²) < 4.78 is 29.1. The minimum atomic E-state index is -3.83. The molecule has 3 N–H and O–H groups in total. The number of hydrogen-bond acceptors (Lipinski definition) is 5. The molecule has 9 heteroatoms. The van der Waals surface area contributed by atoms with Gasteiger partial charge in [0.15, 0.2) is 5.82 Å². The van der Waals surface area contributed by atoms with Gasteiger partial charge in [0.1, 0.15) is 4.90 Å². The second kappa shape index (κ2) is 4.43. The van der Waals surface area contributed by atoms with Crippen LogP contribution in [0.4, 0.5) is 11.5 Å². The van der Waals surface area contributed by atoms with Crippen LogP contribution < -0.4 is 16.0 Å². The Bertz CT molecular complexity index is 775. The summed E-state index contributed by atoms with van der Waals surface area (Å²) in [5, 5.41) is 3.77. The van der Waals surface area contributed by atoms with E-state index in [4.69, 9.17) is 5.73 Å². The van der Waals surface area contributed by atoms with Crippen molar-refractivity contribution in [3.8, 4) is 0 Å². The lowest BCUT2D eigenvalue weighted by molar-refractivity contribution is 0.601. The first-order chi connectivity index (χ1) is 8.79. The maximum absolute atomic E-state index is 12.1. The van der Waals surface area contributed by atoms with Gasteiger partial charge in [-0.15, -0.1) is 0 Å². The summed E-state index contributed by atoms with van der Waals surface area (Å²) in [6.07, 6.45) is 2.69. The molecule has 0 spiro atoms. The van der Waals surface area contributed by atoms with Crippen molar-refractivity contribution < 1.29 is 8.42 Å². The molecule has 0 saturated carbocycles. The summed E-state index contributed by atoms with van der Waals surface area (Å²) in [5.41, 5.74) is 5.57. The summed E-state index contributed by atoms with van der Waals surface area (Å²) in [6.45, 7) is 0. The predicted molar refractivity (Wildman–Crippen MR) is 70.1 cm³/mol. The lowest BCUT2D eigenvalue weighted by atomic mass is 10.4. The van der Waals surface area contributed by atoms with E-state index in [0.717, 1.165) is 0 Å². The van der Waals surface area contributed by atoms with Crippen molar-refractivity contribution in [2.24, 2.45) is 14.1 Å². The van der Waals surface area contributed by atoms with Crippen LogP contribution >= 0.6 is 0 Å². The lowest BCUT2D eigenvalue weighted by Gasteiger charge is -2.07. The maximum Gasteiger partial charge on any atom is 0.267 e. The van der Waals surface area contributed by atoms with Crippen LogP contribution in [0.2, 0.25) is 0 Å². The Kier molecular flexibility index (Phi) is 3.06. The second-order valence-corrected chi connectivity index (χ2v) is 5.68. The Morgan fingerprint density at radius 2 is 1.95 bits per heavy atom. The van der Waals surface area contributed by atoms with Gasteiger partial charge >= 0.3 is 0 Å². The van der Waals surface area contributed by atoms with Gasteiger partial charge in [-0.25, -0.2) is 8.42 Å². The van der Waals surface area contributed by atoms with E-state index in [9.17, 15) is 13.2 Å². The van der Waals surface area contributed by atoms with Gasteiger partial charge in [-0.2, -0.15) is 5.10 Å². The molecule has 0 fully saturated rings. The van der Waals surface area contributed by atoms with E-state index >= 15 is 0 Å². The van der Waals surface area contributed by atoms with Gasteiger partial charge in [-0.05, 0) is 6.07 Å². The van der Waals surface area contributed by atoms with E-state index in [-0.39, 0.29) is 22.0 Å². The number of anilines is 2. The highest BCUT2D eigenvalue weighted by atomic mass is 32.2. The number of nitrogens with two attached hydrogens (primary N) is 1. The molecule has 0 aliphatic carbocycles. The molecule has 2 heterocycles. The van der Waals surface area contributed by atoms with Gasteiger partial charge in [0.2, 0.25) is 5.56 Å². The number of rotatable bonds is 3. The Balaban J connectivity index is 2.39. The predicted octanol–water partition coefficient (Wildman–Crippen LogP) is -0.498. The van der Waals surface area contributed by atoms with Crippen molar-refractivity contribution in [3.05, 3.63) is 34.9 Å². The van der Waals surface area contributed by atoms with Crippen molar-refractivity contribution in [1.82, 2.24) is 14.3 Å². The summed E-state index contributed by atoms with van der Waals surface area (Å²) in [6, 6.07) is 2.65. The van der Waals surface area contributed by atoms with E-state index in [2.05, 4.69) is 9.82 Å². The number of aromatic nitrogens is 3. The molecule has 2 rings (SSSR count). The Morgan fingerprint density at radius 1 is 1.26 bits per heavy atom. The van der Waals surface area contributed by atoms with Crippen LogP contribution in [0.25, 0.3) is 0 Å². The third-order valence-electron chi connectivity index (χ3n) is 2.45. The molecule has 0 bridgehead atoms. The summed E-state index contributed by atoms with van der Waals surface area (Å²) in [7, 11) is -0.729. The van der Waals surface area contributed by atoms with Crippen LogP contribution in [0.1, 0.15) is 0 Å². The van der Waals surface area contributed by atoms with Crippen molar-refractivity contribution in [2.45, 2.75) is 4.90 Å². The smallest absolute Gasteiger partial charge is 0.267 e. The normalized spacial score (nSPS) is 11.5. The standard InChI is InChI=1S/C10H13N5O3S/c1-14-5-7(3-4-9(14)16)13-19(17,18)8-6-15(2)12-10(8)11/h3-6,13H,1-2H3,(H2,11,12). The third-order valence-corrected chi connectivity index (χ3v) is 3.85. The number of nitrogens with zero attached hydrogens (tertiary/aromatic N) is 3. The molecule has 0 aliphatic rings. The highest BCUT2D eigenvalue weighted by Crippen LogP contribution is 2.19. The van der Waals surface area contributed by atoms with Crippen LogP contribution in [0.15, 0.2) is 34.2 Å². The molecule has 0 unspecified atom stereocenters. The largest absolute Gasteiger partial charge is 0.381 e. The quantitative estimate of drug-likeness (QED) is 0.788. The van der Waals surface area contributed by atoms with Gasteiger partial charge in [0.25, 0.3) is 10.0 Å². The zero-order chi connectivity index (χ0) is 14.2. The fourth-order valence-corrected chi connectivity index (χ4v) is 2.70. The number of aryl methyl sites for hydroxylation is 2. The van der Waals surface area contributed by atoms with Crippen molar-refractivity contribution >= 4 is 21.5 Å². The molecule has 2 aromatic heterocycles. The van der Waals surface area contributed by atoms with Crippen LogP contribution in [0, 0.1) is 0 Å². The lowest BCUT2D eigenvalue weighted by Crippen LogP contribution is -2.18. The molecule has 2 aromatic rings. The van der Waals surface area contributed by atoms with E-state index < -0.39 is 10.0 Å².